The summed E-state index contributed by atoms with van der Waals surface area (Å²) in [6, 6.07) is 10.4. The first-order valence-electron chi connectivity index (χ1n) is 4.10. The van der Waals surface area contributed by atoms with E-state index in [1.807, 2.05) is 25.1 Å². The molecule has 0 amide bonds. The van der Waals surface area contributed by atoms with E-state index in [9.17, 15) is 0 Å². The van der Waals surface area contributed by atoms with Gasteiger partial charge in [-0.25, -0.2) is 0 Å². The molecule has 0 spiro atoms. The van der Waals surface area contributed by atoms with E-state index in [1.165, 1.54) is 10.9 Å². The van der Waals surface area contributed by atoms with Crippen LogP contribution in [0.2, 0.25) is 0 Å². The van der Waals surface area contributed by atoms with Crippen LogP contribution in [0.15, 0.2) is 30.3 Å². The van der Waals surface area contributed by atoms with Crippen molar-refractivity contribution in [3.05, 3.63) is 41.6 Å². The summed E-state index contributed by atoms with van der Waals surface area (Å²) in [5, 5.41) is 1.22. The number of hydrogen-bond donors (Lipinski definition) is 0. The van der Waals surface area contributed by atoms with E-state index < -0.39 is 0 Å². The number of hydrogen-bond acceptors (Lipinski definition) is 1. The summed E-state index contributed by atoms with van der Waals surface area (Å²) >= 11 is 0. The molecule has 1 aromatic carbocycles. The summed E-state index contributed by atoms with van der Waals surface area (Å²) in [7, 11) is 0. The molecule has 0 atom stereocenters. The monoisotopic (exact) mass is 157 g/mol. The molecule has 0 bridgehead atoms. The molecule has 1 aromatic heterocycles. The van der Waals surface area contributed by atoms with Gasteiger partial charge in [0, 0.05) is 11.1 Å². The molecule has 0 aliphatic heterocycles. The first-order valence-corrected chi connectivity index (χ1v) is 4.10. The molecule has 1 heterocycles. The second-order valence-corrected chi connectivity index (χ2v) is 3.08. The van der Waals surface area contributed by atoms with Crippen LogP contribution in [-0.2, 0) is 0 Å². The van der Waals surface area contributed by atoms with Crippen molar-refractivity contribution in [2.45, 2.75) is 13.8 Å². The fourth-order valence-electron chi connectivity index (χ4n) is 1.32. The smallest absolute Gasteiger partial charge is 0.0705 e. The van der Waals surface area contributed by atoms with Crippen LogP contribution >= 0.6 is 0 Å². The quantitative estimate of drug-likeness (QED) is 0.573. The molecule has 0 aliphatic carbocycles. The Hall–Kier alpha value is -1.37. The zero-order chi connectivity index (χ0) is 8.55. The number of nitrogens with zero attached hydrogens (tertiary/aromatic N) is 1. The molecule has 0 saturated heterocycles. The molecule has 0 fully saturated rings. The maximum absolute atomic E-state index is 4.48. The van der Waals surface area contributed by atoms with E-state index in [4.69, 9.17) is 0 Å². The van der Waals surface area contributed by atoms with Crippen LogP contribution in [0.3, 0.4) is 0 Å². The van der Waals surface area contributed by atoms with Gasteiger partial charge in [0.25, 0.3) is 0 Å². The zero-order valence-corrected chi connectivity index (χ0v) is 7.33. The van der Waals surface area contributed by atoms with E-state index in [2.05, 4.69) is 24.0 Å². The third kappa shape index (κ3) is 1.07. The molecule has 12 heavy (non-hydrogen) atoms. The van der Waals surface area contributed by atoms with Crippen molar-refractivity contribution in [2.75, 3.05) is 0 Å². The number of para-hydroxylation sites is 1. The van der Waals surface area contributed by atoms with Crippen molar-refractivity contribution in [3.8, 4) is 0 Å². The molecule has 2 rings (SSSR count). The van der Waals surface area contributed by atoms with E-state index in [0.717, 1.165) is 11.2 Å². The lowest BCUT2D eigenvalue weighted by Gasteiger charge is -2.01. The van der Waals surface area contributed by atoms with Gasteiger partial charge in [0.15, 0.2) is 0 Å². The first kappa shape index (κ1) is 7.29. The Morgan fingerprint density at radius 1 is 1.08 bits per heavy atom. The van der Waals surface area contributed by atoms with Crippen molar-refractivity contribution >= 4 is 10.9 Å². The van der Waals surface area contributed by atoms with E-state index >= 15 is 0 Å². The molecule has 0 aliphatic rings. The first-order chi connectivity index (χ1) is 5.77. The van der Waals surface area contributed by atoms with Gasteiger partial charge in [-0.05, 0) is 31.5 Å². The van der Waals surface area contributed by atoms with Crippen LogP contribution < -0.4 is 0 Å². The summed E-state index contributed by atoms with van der Waals surface area (Å²) in [6.45, 7) is 4.14. The van der Waals surface area contributed by atoms with Gasteiger partial charge in [-0.15, -0.1) is 0 Å². The SMILES string of the molecule is Cc1cc2ccccc2nc1C. The second kappa shape index (κ2) is 2.59. The lowest BCUT2D eigenvalue weighted by Crippen LogP contribution is -1.87. The number of fused-ring (bicyclic) bond motifs is 1. The Bertz CT molecular complexity index is 378. The van der Waals surface area contributed by atoms with Gasteiger partial charge in [0.05, 0.1) is 5.52 Å². The normalized spacial score (nSPS) is 10.5. The minimum absolute atomic E-state index is 1.08. The standard InChI is InChI=1S/C11H11N/c1-8-7-10-5-3-4-6-11(10)12-9(8)2/h3-7H,1-2H3. The average molecular weight is 157 g/mol. The molecule has 2 aromatic rings. The van der Waals surface area contributed by atoms with Gasteiger partial charge in [0.2, 0.25) is 0 Å². The van der Waals surface area contributed by atoms with E-state index in [0.29, 0.717) is 0 Å². The maximum atomic E-state index is 4.48. The Labute approximate surface area is 72.1 Å². The highest BCUT2D eigenvalue weighted by molar-refractivity contribution is 5.79. The average Bonchev–Trinajstić information content (AvgIpc) is 2.07. The Kier molecular flexibility index (Phi) is 1.58. The summed E-state index contributed by atoms with van der Waals surface area (Å²) in [6.07, 6.45) is 0. The molecule has 0 N–H and O–H groups in total. The summed E-state index contributed by atoms with van der Waals surface area (Å²) in [5.74, 6) is 0. The summed E-state index contributed by atoms with van der Waals surface area (Å²) in [5.41, 5.74) is 3.46. The van der Waals surface area contributed by atoms with Gasteiger partial charge in [-0.2, -0.15) is 0 Å². The molecule has 0 saturated carbocycles. The van der Waals surface area contributed by atoms with Crippen LogP contribution in [0.4, 0.5) is 0 Å². The highest BCUT2D eigenvalue weighted by Crippen LogP contribution is 2.14. The Balaban J connectivity index is 2.84. The van der Waals surface area contributed by atoms with Crippen molar-refractivity contribution in [3.63, 3.8) is 0 Å². The van der Waals surface area contributed by atoms with Crippen molar-refractivity contribution < 1.29 is 0 Å². The highest BCUT2D eigenvalue weighted by atomic mass is 14.7. The number of aromatic nitrogens is 1. The third-order valence-electron chi connectivity index (χ3n) is 2.17. The van der Waals surface area contributed by atoms with Crippen LogP contribution in [0.5, 0.6) is 0 Å². The number of benzene rings is 1. The van der Waals surface area contributed by atoms with Gasteiger partial charge >= 0.3 is 0 Å². The maximum Gasteiger partial charge on any atom is 0.0705 e. The zero-order valence-electron chi connectivity index (χ0n) is 7.33. The van der Waals surface area contributed by atoms with Crippen LogP contribution in [0, 0.1) is 13.8 Å². The number of aryl methyl sites for hydroxylation is 2. The molecular weight excluding hydrogens is 146 g/mol. The number of pyridine rings is 1. The van der Waals surface area contributed by atoms with E-state index in [-0.39, 0.29) is 0 Å². The topological polar surface area (TPSA) is 12.9 Å². The minimum Gasteiger partial charge on any atom is -0.253 e. The molecule has 1 heteroatoms. The predicted molar refractivity (Wildman–Crippen MR) is 51.2 cm³/mol. The third-order valence-corrected chi connectivity index (χ3v) is 2.17. The van der Waals surface area contributed by atoms with Gasteiger partial charge in [-0.3, -0.25) is 4.98 Å². The van der Waals surface area contributed by atoms with Crippen molar-refractivity contribution in [2.24, 2.45) is 0 Å². The van der Waals surface area contributed by atoms with Crippen LogP contribution in [-0.4, -0.2) is 4.98 Å². The number of rotatable bonds is 0. The van der Waals surface area contributed by atoms with E-state index in [1.54, 1.807) is 0 Å². The molecule has 0 radical (unpaired) electrons. The summed E-state index contributed by atoms with van der Waals surface area (Å²) in [4.78, 5) is 4.48. The molecular formula is C11H11N. The molecule has 60 valence electrons. The highest BCUT2D eigenvalue weighted by Gasteiger charge is 1.96. The molecule has 0 unspecified atom stereocenters. The lowest BCUT2D eigenvalue weighted by molar-refractivity contribution is 1.20. The van der Waals surface area contributed by atoms with Crippen LogP contribution in [0.25, 0.3) is 10.9 Å². The van der Waals surface area contributed by atoms with Crippen molar-refractivity contribution in [1.82, 2.24) is 4.98 Å². The second-order valence-electron chi connectivity index (χ2n) is 3.08. The largest absolute Gasteiger partial charge is 0.253 e. The lowest BCUT2D eigenvalue weighted by atomic mass is 10.1. The summed E-state index contributed by atoms with van der Waals surface area (Å²) < 4.78 is 0. The van der Waals surface area contributed by atoms with Gasteiger partial charge in [-0.1, -0.05) is 18.2 Å². The van der Waals surface area contributed by atoms with Crippen molar-refractivity contribution in [1.29, 1.82) is 0 Å². The Morgan fingerprint density at radius 2 is 1.83 bits per heavy atom. The molecule has 1 nitrogen and oxygen atoms in total. The van der Waals surface area contributed by atoms with Gasteiger partial charge in [0.1, 0.15) is 0 Å². The van der Waals surface area contributed by atoms with Gasteiger partial charge < -0.3 is 0 Å². The predicted octanol–water partition coefficient (Wildman–Crippen LogP) is 2.85. The Morgan fingerprint density at radius 3 is 2.67 bits per heavy atom. The fraction of sp³-hybridized carbons (Fsp3) is 0.182. The fourth-order valence-corrected chi connectivity index (χ4v) is 1.32. The minimum atomic E-state index is 1.08. The van der Waals surface area contributed by atoms with Crippen LogP contribution in [0.1, 0.15) is 11.3 Å².